The van der Waals surface area contributed by atoms with E-state index >= 15 is 0 Å². The van der Waals surface area contributed by atoms with Gasteiger partial charge < -0.3 is 14.2 Å². The Morgan fingerprint density at radius 3 is 2.10 bits per heavy atom. The second-order valence-electron chi connectivity index (χ2n) is 6.93. The minimum atomic E-state index is -0.0796. The first-order valence-electron chi connectivity index (χ1n) is 8.41. The van der Waals surface area contributed by atoms with Gasteiger partial charge in [0.1, 0.15) is 0 Å². The van der Waals surface area contributed by atoms with Crippen LogP contribution in [0.25, 0.3) is 0 Å². The Kier molecular flexibility index (Phi) is 6.31. The second-order valence-corrected chi connectivity index (χ2v) is 6.93. The molecule has 2 saturated carbocycles. The van der Waals surface area contributed by atoms with Gasteiger partial charge in [0.05, 0.1) is 18.8 Å². The molecule has 5 unspecified atom stereocenters. The van der Waals surface area contributed by atoms with Gasteiger partial charge in [-0.1, -0.05) is 26.7 Å². The van der Waals surface area contributed by atoms with Gasteiger partial charge in [0.15, 0.2) is 6.29 Å². The van der Waals surface area contributed by atoms with Crippen LogP contribution in [0.15, 0.2) is 0 Å². The summed E-state index contributed by atoms with van der Waals surface area (Å²) in [6.07, 6.45) is 8.31. The highest BCUT2D eigenvalue weighted by atomic mass is 16.7. The standard InChI is InChI=1S/C17H32O3/c1-12(2)11-19-13(3)20-17-10-9-16(18-4)14-7-5-6-8-15(14)17/h12-17H,5-11H2,1-4H3. The molecule has 0 spiro atoms. The van der Waals surface area contributed by atoms with Crippen LogP contribution >= 0.6 is 0 Å². The lowest BCUT2D eigenvalue weighted by atomic mass is 9.68. The molecule has 2 rings (SSSR count). The molecule has 0 bridgehead atoms. The minimum absolute atomic E-state index is 0.0796. The van der Waals surface area contributed by atoms with Crippen LogP contribution in [-0.2, 0) is 14.2 Å². The number of ether oxygens (including phenoxy) is 3. The molecular formula is C17H32O3. The smallest absolute Gasteiger partial charge is 0.155 e. The van der Waals surface area contributed by atoms with Crippen LogP contribution in [0.1, 0.15) is 59.3 Å². The van der Waals surface area contributed by atoms with Crippen molar-refractivity contribution in [2.24, 2.45) is 17.8 Å². The normalized spacial score (nSPS) is 35.9. The van der Waals surface area contributed by atoms with E-state index in [0.29, 0.717) is 30.0 Å². The molecule has 0 N–H and O–H groups in total. The summed E-state index contributed by atoms with van der Waals surface area (Å²) < 4.78 is 17.7. The molecule has 0 aromatic carbocycles. The lowest BCUT2D eigenvalue weighted by Gasteiger charge is -2.45. The van der Waals surface area contributed by atoms with Crippen molar-refractivity contribution in [3.63, 3.8) is 0 Å². The van der Waals surface area contributed by atoms with E-state index in [-0.39, 0.29) is 6.29 Å². The molecule has 2 aliphatic carbocycles. The van der Waals surface area contributed by atoms with Gasteiger partial charge in [0.2, 0.25) is 0 Å². The zero-order chi connectivity index (χ0) is 14.5. The molecular weight excluding hydrogens is 252 g/mol. The fourth-order valence-electron chi connectivity index (χ4n) is 3.94. The number of hydrogen-bond acceptors (Lipinski definition) is 3. The van der Waals surface area contributed by atoms with Gasteiger partial charge in [-0.2, -0.15) is 0 Å². The Bertz CT molecular complexity index is 279. The lowest BCUT2D eigenvalue weighted by Crippen LogP contribution is -2.45. The third kappa shape index (κ3) is 4.19. The van der Waals surface area contributed by atoms with Crippen molar-refractivity contribution in [3.05, 3.63) is 0 Å². The molecule has 0 aromatic rings. The first-order valence-corrected chi connectivity index (χ1v) is 8.41. The van der Waals surface area contributed by atoms with Crippen molar-refractivity contribution in [3.8, 4) is 0 Å². The lowest BCUT2D eigenvalue weighted by molar-refractivity contribution is -0.202. The molecule has 3 nitrogen and oxygen atoms in total. The minimum Gasteiger partial charge on any atom is -0.381 e. The number of fused-ring (bicyclic) bond motifs is 1. The predicted octanol–water partition coefficient (Wildman–Crippen LogP) is 4.01. The van der Waals surface area contributed by atoms with Crippen molar-refractivity contribution in [1.29, 1.82) is 0 Å². The van der Waals surface area contributed by atoms with Gasteiger partial charge in [0.25, 0.3) is 0 Å². The van der Waals surface area contributed by atoms with Crippen LogP contribution in [0.4, 0.5) is 0 Å². The predicted molar refractivity (Wildman–Crippen MR) is 80.6 cm³/mol. The summed E-state index contributed by atoms with van der Waals surface area (Å²) in [7, 11) is 1.87. The summed E-state index contributed by atoms with van der Waals surface area (Å²) in [5, 5.41) is 0. The van der Waals surface area contributed by atoms with E-state index in [4.69, 9.17) is 14.2 Å². The Morgan fingerprint density at radius 1 is 0.900 bits per heavy atom. The highest BCUT2D eigenvalue weighted by Gasteiger charge is 2.41. The van der Waals surface area contributed by atoms with E-state index in [2.05, 4.69) is 13.8 Å². The molecule has 20 heavy (non-hydrogen) atoms. The van der Waals surface area contributed by atoms with Gasteiger partial charge in [0, 0.05) is 7.11 Å². The van der Waals surface area contributed by atoms with E-state index in [0.717, 1.165) is 19.4 Å². The molecule has 2 aliphatic rings. The number of rotatable bonds is 6. The summed E-state index contributed by atoms with van der Waals surface area (Å²) in [6, 6.07) is 0. The summed E-state index contributed by atoms with van der Waals surface area (Å²) in [4.78, 5) is 0. The molecule has 0 amide bonds. The van der Waals surface area contributed by atoms with Gasteiger partial charge in [-0.25, -0.2) is 0 Å². The van der Waals surface area contributed by atoms with E-state index in [1.165, 1.54) is 25.7 Å². The summed E-state index contributed by atoms with van der Waals surface area (Å²) in [5.41, 5.74) is 0. The Labute approximate surface area is 124 Å². The Hall–Kier alpha value is -0.120. The third-order valence-electron chi connectivity index (χ3n) is 4.90. The molecule has 118 valence electrons. The average Bonchev–Trinajstić information content (AvgIpc) is 2.45. The van der Waals surface area contributed by atoms with Gasteiger partial charge in [-0.05, 0) is 50.4 Å². The van der Waals surface area contributed by atoms with Crippen LogP contribution in [0.2, 0.25) is 0 Å². The molecule has 3 heteroatoms. The Morgan fingerprint density at radius 2 is 1.50 bits per heavy atom. The average molecular weight is 284 g/mol. The summed E-state index contributed by atoms with van der Waals surface area (Å²) in [6.45, 7) is 7.17. The fourth-order valence-corrected chi connectivity index (χ4v) is 3.94. The monoisotopic (exact) mass is 284 g/mol. The second kappa shape index (κ2) is 7.77. The summed E-state index contributed by atoms with van der Waals surface area (Å²) in [5.74, 6) is 1.94. The largest absolute Gasteiger partial charge is 0.381 e. The zero-order valence-corrected chi connectivity index (χ0v) is 13.6. The third-order valence-corrected chi connectivity index (χ3v) is 4.90. The SMILES string of the molecule is COC1CCC(OC(C)OCC(C)C)C2CCCCC12. The van der Waals surface area contributed by atoms with E-state index in [1.807, 2.05) is 14.0 Å². The highest BCUT2D eigenvalue weighted by Crippen LogP contribution is 2.43. The van der Waals surface area contributed by atoms with Crippen molar-refractivity contribution >= 4 is 0 Å². The molecule has 0 saturated heterocycles. The first-order chi connectivity index (χ1) is 9.61. The maximum absolute atomic E-state index is 6.23. The van der Waals surface area contributed by atoms with Crippen LogP contribution < -0.4 is 0 Å². The molecule has 0 aromatic heterocycles. The van der Waals surface area contributed by atoms with E-state index < -0.39 is 0 Å². The maximum atomic E-state index is 6.23. The van der Waals surface area contributed by atoms with Crippen molar-refractivity contribution in [2.75, 3.05) is 13.7 Å². The fraction of sp³-hybridized carbons (Fsp3) is 1.00. The topological polar surface area (TPSA) is 27.7 Å². The summed E-state index contributed by atoms with van der Waals surface area (Å²) >= 11 is 0. The van der Waals surface area contributed by atoms with Crippen molar-refractivity contribution in [2.45, 2.75) is 77.8 Å². The van der Waals surface area contributed by atoms with Gasteiger partial charge in [-0.3, -0.25) is 0 Å². The van der Waals surface area contributed by atoms with Gasteiger partial charge >= 0.3 is 0 Å². The van der Waals surface area contributed by atoms with Crippen LogP contribution in [0.3, 0.4) is 0 Å². The molecule has 0 heterocycles. The Balaban J connectivity index is 1.87. The van der Waals surface area contributed by atoms with Gasteiger partial charge in [-0.15, -0.1) is 0 Å². The molecule has 0 aliphatic heterocycles. The molecule has 5 atom stereocenters. The van der Waals surface area contributed by atoms with E-state index in [1.54, 1.807) is 0 Å². The van der Waals surface area contributed by atoms with Crippen LogP contribution in [-0.4, -0.2) is 32.2 Å². The van der Waals surface area contributed by atoms with Crippen LogP contribution in [0.5, 0.6) is 0 Å². The first kappa shape index (κ1) is 16.3. The zero-order valence-electron chi connectivity index (χ0n) is 13.6. The maximum Gasteiger partial charge on any atom is 0.155 e. The number of hydrogen-bond donors (Lipinski definition) is 0. The number of methoxy groups -OCH3 is 1. The van der Waals surface area contributed by atoms with Crippen molar-refractivity contribution in [1.82, 2.24) is 0 Å². The highest BCUT2D eigenvalue weighted by molar-refractivity contribution is 4.91. The van der Waals surface area contributed by atoms with Crippen molar-refractivity contribution < 1.29 is 14.2 Å². The molecule has 2 fully saturated rings. The van der Waals surface area contributed by atoms with E-state index in [9.17, 15) is 0 Å². The quantitative estimate of drug-likeness (QED) is 0.690. The molecule has 0 radical (unpaired) electrons. The van der Waals surface area contributed by atoms with Crippen LogP contribution in [0, 0.1) is 17.8 Å².